The van der Waals surface area contributed by atoms with E-state index in [4.69, 9.17) is 9.47 Å². The number of amides is 1. The van der Waals surface area contributed by atoms with Crippen LogP contribution in [0.1, 0.15) is 83.6 Å². The van der Waals surface area contributed by atoms with E-state index >= 15 is 0 Å². The Morgan fingerprint density at radius 3 is 2.51 bits per heavy atom. The number of benzene rings is 1. The average molecular weight is 489 g/mol. The van der Waals surface area contributed by atoms with Crippen LogP contribution in [0.4, 0.5) is 4.79 Å². The summed E-state index contributed by atoms with van der Waals surface area (Å²) in [6.45, 7) is 4.89. The van der Waals surface area contributed by atoms with Crippen LogP contribution in [0.5, 0.6) is 5.75 Å². The molecule has 1 amide bonds. The fourth-order valence-corrected chi connectivity index (χ4v) is 5.85. The zero-order valence-corrected chi connectivity index (χ0v) is 22.0. The van der Waals surface area contributed by atoms with Crippen LogP contribution in [0.25, 0.3) is 0 Å². The number of hydrogen-bond donors (Lipinski definition) is 2. The number of ether oxygens (including phenoxy) is 2. The molecule has 0 saturated heterocycles. The van der Waals surface area contributed by atoms with Crippen molar-refractivity contribution < 1.29 is 24.2 Å². The fraction of sp³-hybridized carbons (Fsp3) is 0.714. The maximum Gasteiger partial charge on any atom is 0.412 e. The smallest absolute Gasteiger partial charge is 0.412 e. The van der Waals surface area contributed by atoms with Crippen LogP contribution in [0, 0.1) is 11.3 Å². The van der Waals surface area contributed by atoms with E-state index in [0.717, 1.165) is 63.5 Å². The van der Waals surface area contributed by atoms with Crippen molar-refractivity contribution in [1.29, 1.82) is 0 Å². The molecule has 0 aromatic heterocycles. The summed E-state index contributed by atoms with van der Waals surface area (Å²) in [5.74, 6) is 0.337. The van der Waals surface area contributed by atoms with E-state index in [9.17, 15) is 14.7 Å². The van der Waals surface area contributed by atoms with Crippen LogP contribution < -0.4 is 10.1 Å². The second-order valence-corrected chi connectivity index (χ2v) is 11.2. The van der Waals surface area contributed by atoms with E-state index in [2.05, 4.69) is 10.2 Å². The molecule has 2 fully saturated rings. The van der Waals surface area contributed by atoms with Crippen LogP contribution in [0.15, 0.2) is 24.3 Å². The first-order valence-electron chi connectivity index (χ1n) is 13.2. The maximum absolute atomic E-state index is 12.7. The van der Waals surface area contributed by atoms with Crippen LogP contribution in [0.3, 0.4) is 0 Å². The lowest BCUT2D eigenvalue weighted by atomic mass is 9.71. The zero-order valence-electron chi connectivity index (χ0n) is 22.0. The van der Waals surface area contributed by atoms with Crippen molar-refractivity contribution in [2.75, 3.05) is 27.2 Å². The molecule has 1 unspecified atom stereocenters. The number of carbonyl (C=O) groups excluding carboxylic acids is 2. The lowest BCUT2D eigenvalue weighted by molar-refractivity contribution is -0.150. The summed E-state index contributed by atoms with van der Waals surface area (Å²) in [4.78, 5) is 27.2. The number of carbonyl (C=O) groups is 2. The van der Waals surface area contributed by atoms with Gasteiger partial charge in [0, 0.05) is 19.0 Å². The van der Waals surface area contributed by atoms with Crippen molar-refractivity contribution >= 4 is 12.1 Å². The molecule has 7 heteroatoms. The monoisotopic (exact) mass is 488 g/mol. The van der Waals surface area contributed by atoms with Crippen molar-refractivity contribution in [2.45, 2.75) is 89.8 Å². The molecule has 0 heterocycles. The van der Waals surface area contributed by atoms with Gasteiger partial charge in [-0.15, -0.1) is 0 Å². The van der Waals surface area contributed by atoms with Gasteiger partial charge in [-0.05, 0) is 76.7 Å². The Morgan fingerprint density at radius 2 is 1.83 bits per heavy atom. The minimum Gasteiger partial charge on any atom is -0.463 e. The van der Waals surface area contributed by atoms with Gasteiger partial charge in [0.15, 0.2) is 0 Å². The summed E-state index contributed by atoms with van der Waals surface area (Å²) in [6, 6.07) is 7.30. The molecule has 2 aliphatic carbocycles. The molecular weight excluding hydrogens is 444 g/mol. The number of aliphatic hydroxyl groups is 1. The highest BCUT2D eigenvalue weighted by molar-refractivity contribution is 5.72. The van der Waals surface area contributed by atoms with Gasteiger partial charge in [0.25, 0.3) is 0 Å². The Hall–Kier alpha value is -2.12. The molecule has 0 radical (unpaired) electrons. The number of nitrogens with one attached hydrogen (secondary N) is 1. The second kappa shape index (κ2) is 12.2. The van der Waals surface area contributed by atoms with Crippen LogP contribution in [-0.4, -0.2) is 55.4 Å². The number of rotatable bonds is 9. The Balaban J connectivity index is 1.64. The maximum atomic E-state index is 12.7. The molecule has 3 rings (SSSR count). The highest BCUT2D eigenvalue weighted by Gasteiger charge is 2.41. The van der Waals surface area contributed by atoms with Crippen LogP contribution in [0.2, 0.25) is 0 Å². The third-order valence-electron chi connectivity index (χ3n) is 7.57. The van der Waals surface area contributed by atoms with Gasteiger partial charge in [0.2, 0.25) is 0 Å². The molecule has 1 aromatic carbocycles. The number of esters is 1. The molecule has 0 aliphatic heterocycles. The number of hydrogen-bond acceptors (Lipinski definition) is 6. The van der Waals surface area contributed by atoms with Gasteiger partial charge in [0.05, 0.1) is 18.1 Å². The van der Waals surface area contributed by atoms with Crippen molar-refractivity contribution in [3.05, 3.63) is 29.8 Å². The van der Waals surface area contributed by atoms with Crippen LogP contribution >= 0.6 is 0 Å². The van der Waals surface area contributed by atoms with Gasteiger partial charge in [0.1, 0.15) is 5.75 Å². The first-order chi connectivity index (χ1) is 16.6. The third-order valence-corrected chi connectivity index (χ3v) is 7.57. The first-order valence-corrected chi connectivity index (χ1v) is 13.2. The van der Waals surface area contributed by atoms with Crippen molar-refractivity contribution in [1.82, 2.24) is 10.2 Å². The first kappa shape index (κ1) is 27.5. The van der Waals surface area contributed by atoms with Gasteiger partial charge >= 0.3 is 12.1 Å². The lowest BCUT2D eigenvalue weighted by Gasteiger charge is -2.41. The highest BCUT2D eigenvalue weighted by Crippen LogP contribution is 2.43. The van der Waals surface area contributed by atoms with Gasteiger partial charge < -0.3 is 24.8 Å². The molecule has 2 aliphatic rings. The molecule has 0 spiro atoms. The molecule has 2 saturated carbocycles. The topological polar surface area (TPSA) is 88.1 Å². The quantitative estimate of drug-likeness (QED) is 0.475. The normalized spacial score (nSPS) is 24.3. The molecule has 0 bridgehead atoms. The van der Waals surface area contributed by atoms with Gasteiger partial charge in [-0.3, -0.25) is 4.79 Å². The minimum absolute atomic E-state index is 0.132. The summed E-state index contributed by atoms with van der Waals surface area (Å²) in [5, 5.41) is 14.5. The molecular formula is C28H44N2O5. The van der Waals surface area contributed by atoms with E-state index < -0.39 is 11.7 Å². The summed E-state index contributed by atoms with van der Waals surface area (Å²) in [5.41, 5.74) is -0.419. The molecule has 35 heavy (non-hydrogen) atoms. The van der Waals surface area contributed by atoms with E-state index in [1.54, 1.807) is 12.1 Å². The Bertz CT molecular complexity index is 850. The van der Waals surface area contributed by atoms with Gasteiger partial charge in [-0.2, -0.15) is 0 Å². The predicted molar refractivity (Wildman–Crippen MR) is 136 cm³/mol. The third kappa shape index (κ3) is 7.68. The summed E-state index contributed by atoms with van der Waals surface area (Å²) < 4.78 is 11.0. The number of nitrogens with zero attached hydrogens (tertiary/aromatic N) is 1. The minimum atomic E-state index is -0.929. The van der Waals surface area contributed by atoms with Gasteiger partial charge in [-0.1, -0.05) is 44.2 Å². The average Bonchev–Trinajstić information content (AvgIpc) is 2.79. The molecule has 7 nitrogen and oxygen atoms in total. The Kier molecular flexibility index (Phi) is 9.59. The van der Waals surface area contributed by atoms with E-state index in [1.807, 2.05) is 40.1 Å². The highest BCUT2D eigenvalue weighted by atomic mass is 16.6. The lowest BCUT2D eigenvalue weighted by Crippen LogP contribution is -2.43. The zero-order chi connectivity index (χ0) is 25.5. The Morgan fingerprint density at radius 1 is 1.11 bits per heavy atom. The largest absolute Gasteiger partial charge is 0.463 e. The van der Waals surface area contributed by atoms with E-state index in [-0.39, 0.29) is 23.4 Å². The van der Waals surface area contributed by atoms with Crippen molar-refractivity contribution in [3.8, 4) is 5.75 Å². The SMILES string of the molecule is CC(C)OC(=O)CC1(CNC(=O)Oc2cccc([C@@]3(O)CCCCC3CN(C)C)c2)CCCCC1. The summed E-state index contributed by atoms with van der Waals surface area (Å²) >= 11 is 0. The summed E-state index contributed by atoms with van der Waals surface area (Å²) in [6.07, 6.45) is 8.40. The molecule has 2 N–H and O–H groups in total. The van der Waals surface area contributed by atoms with E-state index in [0.29, 0.717) is 25.1 Å². The molecule has 2 atom stereocenters. The summed E-state index contributed by atoms with van der Waals surface area (Å²) in [7, 11) is 4.06. The van der Waals surface area contributed by atoms with Crippen molar-refractivity contribution in [3.63, 3.8) is 0 Å². The second-order valence-electron chi connectivity index (χ2n) is 11.2. The Labute approximate surface area is 210 Å². The predicted octanol–water partition coefficient (Wildman–Crippen LogP) is 5.01. The standard InChI is InChI=1S/C28H44N2O5/c1-21(2)34-25(31)18-27(14-7-5-8-15-27)20-29-26(32)35-24-13-10-12-22(17-24)28(33)16-9-6-11-23(28)19-30(3)4/h10,12-13,17,21,23,33H,5-9,11,14-16,18-20H2,1-4H3,(H,29,32)/t23?,28-/m0/s1. The molecule has 196 valence electrons. The molecule has 1 aromatic rings. The van der Waals surface area contributed by atoms with Crippen molar-refractivity contribution in [2.24, 2.45) is 11.3 Å². The van der Waals surface area contributed by atoms with E-state index in [1.165, 1.54) is 0 Å². The van der Waals surface area contributed by atoms with Gasteiger partial charge in [-0.25, -0.2) is 4.79 Å². The fourth-order valence-electron chi connectivity index (χ4n) is 5.85. The van der Waals surface area contributed by atoms with Crippen LogP contribution in [-0.2, 0) is 15.1 Å².